The number of anilines is 2. The zero-order valence-electron chi connectivity index (χ0n) is 25.2. The van der Waals surface area contributed by atoms with Gasteiger partial charge in [-0.1, -0.05) is 42.8 Å². The molecule has 3 aromatic carbocycles. The van der Waals surface area contributed by atoms with Crippen molar-refractivity contribution in [3.05, 3.63) is 93.5 Å². The Hall–Kier alpha value is -3.88. The fourth-order valence-corrected chi connectivity index (χ4v) is 6.09. The Kier molecular flexibility index (Phi) is 10.2. The van der Waals surface area contributed by atoms with Crippen molar-refractivity contribution in [2.24, 2.45) is 11.3 Å². The van der Waals surface area contributed by atoms with Gasteiger partial charge >= 0.3 is 11.9 Å². The summed E-state index contributed by atoms with van der Waals surface area (Å²) >= 11 is 0. The smallest absolute Gasteiger partial charge is 0.335 e. The van der Waals surface area contributed by atoms with Crippen LogP contribution in [0.5, 0.6) is 0 Å². The van der Waals surface area contributed by atoms with Gasteiger partial charge < -0.3 is 25.9 Å². The Balaban J connectivity index is 1.48. The van der Waals surface area contributed by atoms with E-state index in [4.69, 9.17) is 15.7 Å². The van der Waals surface area contributed by atoms with Crippen molar-refractivity contribution in [2.45, 2.75) is 65.3 Å². The minimum atomic E-state index is -0.902. The van der Waals surface area contributed by atoms with Gasteiger partial charge in [0.1, 0.15) is 0 Å². The Labute approximate surface area is 249 Å². The second kappa shape index (κ2) is 13.9. The maximum Gasteiger partial charge on any atom is 0.335 e. The number of carboxylic acids is 1. The molecule has 42 heavy (non-hydrogen) atoms. The molecule has 0 saturated carbocycles. The van der Waals surface area contributed by atoms with Crippen LogP contribution in [0.4, 0.5) is 11.4 Å². The number of fused-ring (bicyclic) bond motifs is 1. The lowest BCUT2D eigenvalue weighted by Crippen LogP contribution is -2.34. The monoisotopic (exact) mass is 572 g/mol. The molecule has 1 aliphatic rings. The molecular formula is C34H44N4O4. The topological polar surface area (TPSA) is 126 Å². The summed E-state index contributed by atoms with van der Waals surface area (Å²) in [7, 11) is 1.44. The van der Waals surface area contributed by atoms with Crippen molar-refractivity contribution in [3.8, 4) is 0 Å². The molecule has 1 aliphatic heterocycles. The fourth-order valence-electron chi connectivity index (χ4n) is 6.09. The molecule has 1 atom stereocenters. The minimum Gasteiger partial charge on any atom is -0.478 e. The van der Waals surface area contributed by atoms with Crippen LogP contribution in [0, 0.1) is 12.3 Å². The van der Waals surface area contributed by atoms with Crippen LogP contribution in [0.15, 0.2) is 54.6 Å². The molecule has 0 aliphatic carbocycles. The van der Waals surface area contributed by atoms with E-state index in [0.29, 0.717) is 5.56 Å². The first-order chi connectivity index (χ1) is 20.2. The van der Waals surface area contributed by atoms with Crippen LogP contribution in [0.2, 0.25) is 0 Å². The van der Waals surface area contributed by atoms with Crippen LogP contribution in [-0.2, 0) is 28.9 Å². The summed E-state index contributed by atoms with van der Waals surface area (Å²) in [5.74, 6) is 4.67. The summed E-state index contributed by atoms with van der Waals surface area (Å²) in [6.07, 6.45) is 4.97. The highest BCUT2D eigenvalue weighted by atomic mass is 16.5. The average molecular weight is 573 g/mol. The van der Waals surface area contributed by atoms with Gasteiger partial charge in [0.25, 0.3) is 0 Å². The van der Waals surface area contributed by atoms with Crippen molar-refractivity contribution in [1.29, 1.82) is 0 Å². The number of carboxylic acid groups (broad SMARTS) is 1. The number of nitrogen functional groups attached to an aromatic ring is 1. The lowest BCUT2D eigenvalue weighted by Gasteiger charge is -2.35. The van der Waals surface area contributed by atoms with E-state index in [2.05, 4.69) is 40.3 Å². The van der Waals surface area contributed by atoms with Crippen molar-refractivity contribution in [2.75, 3.05) is 30.9 Å². The van der Waals surface area contributed by atoms with Crippen LogP contribution in [0.25, 0.3) is 0 Å². The number of unbranched alkanes of at least 4 members (excludes halogenated alkanes) is 2. The molecule has 4 rings (SSSR count). The molecule has 224 valence electrons. The highest BCUT2D eigenvalue weighted by Gasteiger charge is 2.41. The van der Waals surface area contributed by atoms with Crippen molar-refractivity contribution >= 4 is 23.3 Å². The largest absolute Gasteiger partial charge is 0.478 e. The van der Waals surface area contributed by atoms with E-state index in [1.54, 1.807) is 12.1 Å². The number of rotatable bonds is 13. The zero-order chi connectivity index (χ0) is 30.3. The zero-order valence-corrected chi connectivity index (χ0v) is 25.2. The lowest BCUT2D eigenvalue weighted by molar-refractivity contribution is -0.151. The summed E-state index contributed by atoms with van der Waals surface area (Å²) in [5, 5.41) is 16.1. The number of nitrogens with one attached hydrogen (secondary N) is 3. The normalized spacial score (nSPS) is 13.6. The van der Waals surface area contributed by atoms with Crippen LogP contribution in [0.1, 0.15) is 82.8 Å². The van der Waals surface area contributed by atoms with E-state index in [9.17, 15) is 9.59 Å². The molecular weight excluding hydrogens is 528 g/mol. The standard InChI is InChI=1S/C34H44N4O4/c1-22-28(30(34(2,3)33(41)42-4)26-14-13-24-17-19-36-21-27(24)20-26)15-16-29(31(22)38-35)37-18-7-5-6-8-23-9-11-25(12-10-23)32(39)40/h9-16,20,30,36-38H,5-8,17-19,21,35H2,1-4H3,(H,39,40). The molecule has 0 saturated heterocycles. The molecule has 0 amide bonds. The minimum absolute atomic E-state index is 0.233. The Morgan fingerprint density at radius 3 is 2.50 bits per heavy atom. The number of benzene rings is 3. The predicted octanol–water partition coefficient (Wildman–Crippen LogP) is 5.78. The second-order valence-corrected chi connectivity index (χ2v) is 11.7. The number of ether oxygens (including phenoxy) is 1. The molecule has 1 heterocycles. The highest BCUT2D eigenvalue weighted by Crippen LogP contribution is 2.46. The molecule has 0 bridgehead atoms. The number of esters is 1. The van der Waals surface area contributed by atoms with Crippen LogP contribution >= 0.6 is 0 Å². The average Bonchev–Trinajstić information content (AvgIpc) is 2.99. The molecule has 6 N–H and O–H groups in total. The molecule has 8 nitrogen and oxygen atoms in total. The summed E-state index contributed by atoms with van der Waals surface area (Å²) in [5.41, 5.74) is 11.0. The number of hydrogen-bond donors (Lipinski definition) is 5. The first-order valence-electron chi connectivity index (χ1n) is 14.7. The number of hydrazine groups is 1. The fraction of sp³-hybridized carbons (Fsp3) is 0.412. The number of nitrogens with two attached hydrogens (primary N) is 1. The van der Waals surface area contributed by atoms with E-state index in [1.807, 2.05) is 39.0 Å². The van der Waals surface area contributed by atoms with Crippen molar-refractivity contribution in [3.63, 3.8) is 0 Å². The van der Waals surface area contributed by atoms with Gasteiger partial charge in [-0.25, -0.2) is 4.79 Å². The lowest BCUT2D eigenvalue weighted by atomic mass is 9.69. The molecule has 3 aromatic rings. The van der Waals surface area contributed by atoms with E-state index in [-0.39, 0.29) is 11.9 Å². The first kappa shape index (κ1) is 31.1. The molecule has 0 radical (unpaired) electrons. The maximum atomic E-state index is 13.1. The van der Waals surface area contributed by atoms with Gasteiger partial charge in [-0.2, -0.15) is 0 Å². The van der Waals surface area contributed by atoms with Gasteiger partial charge in [0.15, 0.2) is 0 Å². The van der Waals surface area contributed by atoms with Gasteiger partial charge in [-0.05, 0) is 105 Å². The van der Waals surface area contributed by atoms with Gasteiger partial charge in [-0.3, -0.25) is 10.6 Å². The van der Waals surface area contributed by atoms with Crippen molar-refractivity contribution < 1.29 is 19.4 Å². The number of carbonyl (C=O) groups excluding carboxylic acids is 1. The Morgan fingerprint density at radius 2 is 1.81 bits per heavy atom. The molecule has 8 heteroatoms. The molecule has 1 unspecified atom stereocenters. The first-order valence-corrected chi connectivity index (χ1v) is 14.7. The van der Waals surface area contributed by atoms with Gasteiger partial charge in [0, 0.05) is 19.0 Å². The van der Waals surface area contributed by atoms with E-state index in [1.165, 1.54) is 18.2 Å². The van der Waals surface area contributed by atoms with Crippen LogP contribution < -0.4 is 21.9 Å². The summed E-state index contributed by atoms with van der Waals surface area (Å²) in [4.78, 5) is 24.1. The Bertz CT molecular complexity index is 1400. The number of aromatic carboxylic acids is 1. The predicted molar refractivity (Wildman–Crippen MR) is 168 cm³/mol. The molecule has 0 spiro atoms. The number of carbonyl (C=O) groups is 2. The number of aryl methyl sites for hydroxylation is 1. The SMILES string of the molecule is COC(=O)C(C)(C)C(c1ccc2c(c1)CNCC2)c1ccc(NCCCCCc2ccc(C(=O)O)cc2)c(NN)c1C. The van der Waals surface area contributed by atoms with E-state index in [0.717, 1.165) is 85.4 Å². The molecule has 0 fully saturated rings. The number of hydrogen-bond acceptors (Lipinski definition) is 7. The van der Waals surface area contributed by atoms with Gasteiger partial charge in [-0.15, -0.1) is 0 Å². The number of methoxy groups -OCH3 is 1. The summed E-state index contributed by atoms with van der Waals surface area (Å²) in [6.45, 7) is 8.53. The molecule has 0 aromatic heterocycles. The van der Waals surface area contributed by atoms with Crippen molar-refractivity contribution in [1.82, 2.24) is 5.32 Å². The van der Waals surface area contributed by atoms with Gasteiger partial charge in [0.05, 0.1) is 29.5 Å². The third-order valence-electron chi connectivity index (χ3n) is 8.50. The quantitative estimate of drug-likeness (QED) is 0.0755. The summed E-state index contributed by atoms with van der Waals surface area (Å²) < 4.78 is 5.27. The summed E-state index contributed by atoms with van der Waals surface area (Å²) in [6, 6.07) is 17.8. The third-order valence-corrected chi connectivity index (χ3v) is 8.50. The Morgan fingerprint density at radius 1 is 1.05 bits per heavy atom. The van der Waals surface area contributed by atoms with Crippen LogP contribution in [-0.4, -0.2) is 37.2 Å². The third kappa shape index (κ3) is 6.94. The second-order valence-electron chi connectivity index (χ2n) is 11.7. The van der Waals surface area contributed by atoms with E-state index >= 15 is 0 Å². The van der Waals surface area contributed by atoms with Crippen LogP contribution in [0.3, 0.4) is 0 Å². The van der Waals surface area contributed by atoms with Gasteiger partial charge in [0.2, 0.25) is 0 Å². The highest BCUT2D eigenvalue weighted by molar-refractivity contribution is 5.87. The van der Waals surface area contributed by atoms with E-state index < -0.39 is 11.4 Å². The maximum absolute atomic E-state index is 13.1.